The Hall–Kier alpha value is -1.99. The summed E-state index contributed by atoms with van der Waals surface area (Å²) < 4.78 is 0. The molecular formula is C17H30N4O7S2. The van der Waals surface area contributed by atoms with Gasteiger partial charge in [0.25, 0.3) is 0 Å². The van der Waals surface area contributed by atoms with Gasteiger partial charge in [-0.25, -0.2) is 4.79 Å². The van der Waals surface area contributed by atoms with Crippen LogP contribution in [0.15, 0.2) is 0 Å². The van der Waals surface area contributed by atoms with Gasteiger partial charge in [-0.1, -0.05) is 0 Å². The van der Waals surface area contributed by atoms with E-state index in [4.69, 9.17) is 10.8 Å². The SMILES string of the molecule is CSCCC(N)C(=O)NC(CC(=O)O)C(=O)NC(C)C(=O)NC(CCSC)C(=O)O. The number of amides is 3. The predicted molar refractivity (Wildman–Crippen MR) is 115 cm³/mol. The van der Waals surface area contributed by atoms with Gasteiger partial charge in [0, 0.05) is 0 Å². The Labute approximate surface area is 183 Å². The first-order valence-electron chi connectivity index (χ1n) is 9.12. The van der Waals surface area contributed by atoms with Crippen molar-refractivity contribution in [1.29, 1.82) is 0 Å². The Morgan fingerprint density at radius 3 is 1.87 bits per heavy atom. The molecule has 0 saturated carbocycles. The van der Waals surface area contributed by atoms with Gasteiger partial charge in [0.05, 0.1) is 12.5 Å². The molecule has 0 radical (unpaired) electrons. The molecule has 0 bridgehead atoms. The van der Waals surface area contributed by atoms with Crippen molar-refractivity contribution in [1.82, 2.24) is 16.0 Å². The standard InChI is InChI=1S/C17H30N4O7S2/c1-9(14(24)20-11(17(27)28)5-7-30-3)19-16(26)12(8-13(22)23)21-15(25)10(18)4-6-29-2/h9-12H,4-8,18H2,1-3H3,(H,19,26)(H,20,24)(H,21,25)(H,22,23)(H,27,28). The lowest BCUT2D eigenvalue weighted by Gasteiger charge is -2.22. The van der Waals surface area contributed by atoms with E-state index in [1.54, 1.807) is 6.26 Å². The molecule has 0 aliphatic heterocycles. The van der Waals surface area contributed by atoms with E-state index in [9.17, 15) is 29.1 Å². The monoisotopic (exact) mass is 466 g/mol. The Bertz CT molecular complexity index is 621. The van der Waals surface area contributed by atoms with E-state index in [1.165, 1.54) is 30.4 Å². The van der Waals surface area contributed by atoms with Gasteiger partial charge >= 0.3 is 11.9 Å². The van der Waals surface area contributed by atoms with E-state index in [0.29, 0.717) is 17.9 Å². The molecule has 4 unspecified atom stereocenters. The number of carbonyl (C=O) groups excluding carboxylic acids is 3. The van der Waals surface area contributed by atoms with Crippen molar-refractivity contribution in [3.63, 3.8) is 0 Å². The summed E-state index contributed by atoms with van der Waals surface area (Å²) in [6.45, 7) is 1.32. The highest BCUT2D eigenvalue weighted by Gasteiger charge is 2.29. The third-order valence-electron chi connectivity index (χ3n) is 3.96. The average molecular weight is 467 g/mol. The largest absolute Gasteiger partial charge is 0.481 e. The normalized spacial score (nSPS) is 14.7. The zero-order valence-electron chi connectivity index (χ0n) is 17.2. The molecule has 0 heterocycles. The molecule has 0 aromatic rings. The van der Waals surface area contributed by atoms with Crippen LogP contribution < -0.4 is 21.7 Å². The predicted octanol–water partition coefficient (Wildman–Crippen LogP) is -1.15. The van der Waals surface area contributed by atoms with Crippen LogP contribution in [0.5, 0.6) is 0 Å². The second-order valence-corrected chi connectivity index (χ2v) is 8.43. The number of carbonyl (C=O) groups is 5. The zero-order chi connectivity index (χ0) is 23.3. The van der Waals surface area contributed by atoms with Gasteiger partial charge < -0.3 is 31.9 Å². The number of carboxylic acid groups (broad SMARTS) is 2. The van der Waals surface area contributed by atoms with Crippen LogP contribution in [0.3, 0.4) is 0 Å². The molecule has 4 atom stereocenters. The van der Waals surface area contributed by atoms with Crippen LogP contribution in [-0.2, 0) is 24.0 Å². The number of aliphatic carboxylic acids is 2. The summed E-state index contributed by atoms with van der Waals surface area (Å²) in [4.78, 5) is 59.1. The fourth-order valence-corrected chi connectivity index (χ4v) is 3.17. The number of carboxylic acids is 2. The van der Waals surface area contributed by atoms with Crippen molar-refractivity contribution in [3.05, 3.63) is 0 Å². The van der Waals surface area contributed by atoms with Crippen LogP contribution in [0, 0.1) is 0 Å². The van der Waals surface area contributed by atoms with Gasteiger partial charge in [0.2, 0.25) is 17.7 Å². The van der Waals surface area contributed by atoms with E-state index in [0.717, 1.165) is 0 Å². The maximum Gasteiger partial charge on any atom is 0.326 e. The van der Waals surface area contributed by atoms with Crippen molar-refractivity contribution < 1.29 is 34.2 Å². The molecule has 0 spiro atoms. The highest BCUT2D eigenvalue weighted by atomic mass is 32.2. The Morgan fingerprint density at radius 1 is 0.833 bits per heavy atom. The highest BCUT2D eigenvalue weighted by molar-refractivity contribution is 7.98. The molecule has 0 aliphatic rings. The van der Waals surface area contributed by atoms with E-state index in [-0.39, 0.29) is 6.42 Å². The van der Waals surface area contributed by atoms with E-state index in [1.807, 2.05) is 6.26 Å². The molecule has 0 aromatic heterocycles. The summed E-state index contributed by atoms with van der Waals surface area (Å²) >= 11 is 2.91. The first-order valence-corrected chi connectivity index (χ1v) is 11.9. The average Bonchev–Trinajstić information content (AvgIpc) is 2.67. The first-order chi connectivity index (χ1) is 14.0. The summed E-state index contributed by atoms with van der Waals surface area (Å²) in [6, 6.07) is -4.60. The maximum atomic E-state index is 12.4. The van der Waals surface area contributed by atoms with Crippen LogP contribution in [0.2, 0.25) is 0 Å². The molecule has 0 saturated heterocycles. The second kappa shape index (κ2) is 14.9. The Balaban J connectivity index is 4.99. The molecule has 7 N–H and O–H groups in total. The third kappa shape index (κ3) is 11.3. The topological polar surface area (TPSA) is 188 Å². The summed E-state index contributed by atoms with van der Waals surface area (Å²) in [5.41, 5.74) is 5.73. The summed E-state index contributed by atoms with van der Waals surface area (Å²) in [5.74, 6) is -3.70. The zero-order valence-corrected chi connectivity index (χ0v) is 18.8. The van der Waals surface area contributed by atoms with Crippen LogP contribution in [0.25, 0.3) is 0 Å². The fourth-order valence-electron chi connectivity index (χ4n) is 2.21. The summed E-state index contributed by atoms with van der Waals surface area (Å²) in [7, 11) is 0. The van der Waals surface area contributed by atoms with E-state index in [2.05, 4.69) is 16.0 Å². The van der Waals surface area contributed by atoms with Crippen LogP contribution in [0.1, 0.15) is 26.2 Å². The second-order valence-electron chi connectivity index (χ2n) is 6.46. The van der Waals surface area contributed by atoms with Crippen molar-refractivity contribution in [2.45, 2.75) is 50.4 Å². The maximum absolute atomic E-state index is 12.4. The minimum absolute atomic E-state index is 0.203. The van der Waals surface area contributed by atoms with Crippen LogP contribution in [0.4, 0.5) is 0 Å². The van der Waals surface area contributed by atoms with Crippen molar-refractivity contribution in [3.8, 4) is 0 Å². The molecule has 13 heteroatoms. The quantitative estimate of drug-likeness (QED) is 0.172. The molecule has 0 rings (SSSR count). The molecule has 30 heavy (non-hydrogen) atoms. The molecule has 0 aromatic carbocycles. The minimum Gasteiger partial charge on any atom is -0.481 e. The lowest BCUT2D eigenvalue weighted by Crippen LogP contribution is -2.56. The van der Waals surface area contributed by atoms with Gasteiger partial charge in [0.15, 0.2) is 0 Å². The lowest BCUT2D eigenvalue weighted by molar-refractivity contribution is -0.143. The smallest absolute Gasteiger partial charge is 0.326 e. The molecule has 3 amide bonds. The summed E-state index contributed by atoms with van der Waals surface area (Å²) in [5, 5.41) is 25.1. The van der Waals surface area contributed by atoms with E-state index >= 15 is 0 Å². The molecular weight excluding hydrogens is 436 g/mol. The van der Waals surface area contributed by atoms with Gasteiger partial charge in [-0.15, -0.1) is 0 Å². The van der Waals surface area contributed by atoms with Crippen molar-refractivity contribution in [2.75, 3.05) is 24.0 Å². The first kappa shape index (κ1) is 28.0. The fraction of sp³-hybridized carbons (Fsp3) is 0.706. The number of nitrogens with one attached hydrogen (secondary N) is 3. The van der Waals surface area contributed by atoms with Crippen LogP contribution >= 0.6 is 23.5 Å². The van der Waals surface area contributed by atoms with Gasteiger partial charge in [-0.05, 0) is 43.8 Å². The van der Waals surface area contributed by atoms with Gasteiger partial charge in [-0.2, -0.15) is 23.5 Å². The number of hydrogen-bond acceptors (Lipinski definition) is 8. The highest BCUT2D eigenvalue weighted by Crippen LogP contribution is 2.03. The number of thioether (sulfide) groups is 2. The minimum atomic E-state index is -1.43. The number of nitrogens with two attached hydrogens (primary N) is 1. The molecule has 172 valence electrons. The number of hydrogen-bond donors (Lipinski definition) is 6. The molecule has 0 aliphatic carbocycles. The lowest BCUT2D eigenvalue weighted by atomic mass is 10.1. The molecule has 0 fully saturated rings. The van der Waals surface area contributed by atoms with Gasteiger partial charge in [-0.3, -0.25) is 19.2 Å². The molecule has 11 nitrogen and oxygen atoms in total. The van der Waals surface area contributed by atoms with E-state index < -0.39 is 60.2 Å². The third-order valence-corrected chi connectivity index (χ3v) is 5.25. The van der Waals surface area contributed by atoms with Crippen molar-refractivity contribution >= 4 is 53.2 Å². The Morgan fingerprint density at radius 2 is 1.37 bits per heavy atom. The Kier molecular flexibility index (Phi) is 13.9. The van der Waals surface area contributed by atoms with Gasteiger partial charge in [0.1, 0.15) is 18.1 Å². The van der Waals surface area contributed by atoms with Crippen molar-refractivity contribution in [2.24, 2.45) is 5.73 Å². The number of rotatable bonds is 15. The van der Waals surface area contributed by atoms with Crippen LogP contribution in [-0.4, -0.2) is 88.1 Å². The summed E-state index contributed by atoms with van der Waals surface area (Å²) in [6.07, 6.45) is 3.49.